The molecule has 11 nitrogen and oxygen atoms in total. The van der Waals surface area contributed by atoms with E-state index in [1.807, 2.05) is 0 Å². The second-order valence-electron chi connectivity index (χ2n) is 5.60. The van der Waals surface area contributed by atoms with E-state index in [2.05, 4.69) is 10.5 Å². The van der Waals surface area contributed by atoms with Gasteiger partial charge >= 0.3 is 0 Å². The number of benzene rings is 2. The number of non-ortho nitro benzene ring substituents is 1. The molecule has 2 aromatic carbocycles. The maximum atomic E-state index is 12.6. The molecule has 0 spiro atoms. The van der Waals surface area contributed by atoms with Crippen molar-refractivity contribution in [3.8, 4) is 11.3 Å². The summed E-state index contributed by atoms with van der Waals surface area (Å²) in [6, 6.07) is 10.5. The van der Waals surface area contributed by atoms with E-state index in [-0.39, 0.29) is 33.4 Å². The van der Waals surface area contributed by atoms with Gasteiger partial charge in [0.15, 0.2) is 0 Å². The van der Waals surface area contributed by atoms with Gasteiger partial charge in [-0.1, -0.05) is 5.16 Å². The maximum Gasteiger partial charge on any atom is 0.269 e. The predicted octanol–water partition coefficient (Wildman–Crippen LogP) is 1.73. The van der Waals surface area contributed by atoms with Gasteiger partial charge in [-0.25, -0.2) is 13.6 Å². The lowest BCUT2D eigenvalue weighted by Crippen LogP contribution is -2.15. The number of anilines is 2. The van der Waals surface area contributed by atoms with Gasteiger partial charge in [-0.2, -0.15) is 0 Å². The Morgan fingerprint density at radius 2 is 1.71 bits per heavy atom. The van der Waals surface area contributed by atoms with Crippen LogP contribution in [0.3, 0.4) is 0 Å². The highest BCUT2D eigenvalue weighted by atomic mass is 32.2. The topological polar surface area (TPSA) is 184 Å². The number of hydrogen-bond acceptors (Lipinski definition) is 8. The monoisotopic (exact) mass is 403 g/mol. The zero-order chi connectivity index (χ0) is 20.5. The molecule has 0 atom stereocenters. The van der Waals surface area contributed by atoms with Crippen molar-refractivity contribution in [1.29, 1.82) is 0 Å². The number of rotatable bonds is 5. The first-order valence-electron chi connectivity index (χ1n) is 7.61. The van der Waals surface area contributed by atoms with Gasteiger partial charge in [-0.05, 0) is 36.4 Å². The first kappa shape index (κ1) is 19.0. The summed E-state index contributed by atoms with van der Waals surface area (Å²) in [4.78, 5) is 22.7. The lowest BCUT2D eigenvalue weighted by Gasteiger charge is -2.06. The highest BCUT2D eigenvalue weighted by Crippen LogP contribution is 2.29. The number of carbonyl (C=O) groups is 1. The molecule has 1 aromatic heterocycles. The molecular formula is C16H13N5O6S. The van der Waals surface area contributed by atoms with Crippen LogP contribution >= 0.6 is 0 Å². The Bertz CT molecular complexity index is 1150. The van der Waals surface area contributed by atoms with Crippen molar-refractivity contribution in [3.63, 3.8) is 0 Å². The minimum absolute atomic E-state index is 0.0654. The molecule has 5 N–H and O–H groups in total. The quantitative estimate of drug-likeness (QED) is 0.424. The number of nitro groups is 1. The Hall–Kier alpha value is -3.77. The largest absolute Gasteiger partial charge is 0.367 e. The van der Waals surface area contributed by atoms with Crippen molar-refractivity contribution >= 4 is 33.2 Å². The molecule has 144 valence electrons. The van der Waals surface area contributed by atoms with Gasteiger partial charge < -0.3 is 15.6 Å². The lowest BCUT2D eigenvalue weighted by molar-refractivity contribution is -0.384. The van der Waals surface area contributed by atoms with Crippen LogP contribution in [0.4, 0.5) is 17.3 Å². The van der Waals surface area contributed by atoms with Gasteiger partial charge in [0.1, 0.15) is 11.3 Å². The summed E-state index contributed by atoms with van der Waals surface area (Å²) in [5.41, 5.74) is 6.29. The molecular weight excluding hydrogens is 390 g/mol. The zero-order valence-corrected chi connectivity index (χ0v) is 14.8. The number of nitrogens with two attached hydrogens (primary N) is 2. The number of aromatic nitrogens is 1. The summed E-state index contributed by atoms with van der Waals surface area (Å²) in [5, 5.41) is 22.1. The fourth-order valence-electron chi connectivity index (χ4n) is 2.38. The van der Waals surface area contributed by atoms with E-state index in [1.54, 1.807) is 0 Å². The van der Waals surface area contributed by atoms with Crippen LogP contribution in [-0.2, 0) is 10.0 Å². The van der Waals surface area contributed by atoms with Crippen molar-refractivity contribution in [2.24, 2.45) is 5.14 Å². The van der Waals surface area contributed by atoms with E-state index in [0.717, 1.165) is 0 Å². The second-order valence-corrected chi connectivity index (χ2v) is 7.16. The molecule has 0 aliphatic heterocycles. The van der Waals surface area contributed by atoms with Crippen LogP contribution in [0.15, 0.2) is 57.9 Å². The number of nitrogen functional groups attached to an aromatic ring is 1. The molecule has 28 heavy (non-hydrogen) atoms. The highest BCUT2D eigenvalue weighted by Gasteiger charge is 2.23. The molecule has 0 bridgehead atoms. The fourth-order valence-corrected chi connectivity index (χ4v) is 2.90. The molecule has 3 rings (SSSR count). The number of nitrogens with one attached hydrogen (secondary N) is 1. The standard InChI is InChI=1S/C16H13N5O6S/c17-15-13(14(20-27-15)9-1-5-11(6-2-9)21(23)24)16(22)19-10-3-7-12(8-4-10)28(18,25)26/h1-8H,17H2,(H,19,22)(H2,18,25,26). The normalized spacial score (nSPS) is 11.2. The van der Waals surface area contributed by atoms with Crippen LogP contribution in [0.2, 0.25) is 0 Å². The Morgan fingerprint density at radius 3 is 2.25 bits per heavy atom. The fraction of sp³-hybridized carbons (Fsp3) is 0. The summed E-state index contributed by atoms with van der Waals surface area (Å²) in [5.74, 6) is -0.900. The summed E-state index contributed by atoms with van der Waals surface area (Å²) in [6.45, 7) is 0. The zero-order valence-electron chi connectivity index (χ0n) is 14.0. The minimum atomic E-state index is -3.86. The molecule has 0 fully saturated rings. The van der Waals surface area contributed by atoms with E-state index < -0.39 is 20.9 Å². The summed E-state index contributed by atoms with van der Waals surface area (Å²) in [7, 11) is -3.86. The summed E-state index contributed by atoms with van der Waals surface area (Å²) < 4.78 is 27.4. The van der Waals surface area contributed by atoms with Crippen LogP contribution in [0.1, 0.15) is 10.4 Å². The van der Waals surface area contributed by atoms with E-state index >= 15 is 0 Å². The Balaban J connectivity index is 1.88. The van der Waals surface area contributed by atoms with Crippen molar-refractivity contribution in [3.05, 3.63) is 64.2 Å². The summed E-state index contributed by atoms with van der Waals surface area (Å²) in [6.07, 6.45) is 0. The highest BCUT2D eigenvalue weighted by molar-refractivity contribution is 7.89. The first-order chi connectivity index (χ1) is 13.2. The van der Waals surface area contributed by atoms with E-state index in [0.29, 0.717) is 5.56 Å². The summed E-state index contributed by atoms with van der Waals surface area (Å²) >= 11 is 0. The van der Waals surface area contributed by atoms with Crippen molar-refractivity contribution in [1.82, 2.24) is 5.16 Å². The first-order valence-corrected chi connectivity index (χ1v) is 9.15. The molecule has 0 saturated carbocycles. The Labute approximate surface area is 158 Å². The van der Waals surface area contributed by atoms with Crippen LogP contribution in [0.25, 0.3) is 11.3 Å². The lowest BCUT2D eigenvalue weighted by atomic mass is 10.1. The number of hydrogen-bond donors (Lipinski definition) is 3. The number of carbonyl (C=O) groups excluding carboxylic acids is 1. The Kier molecular flexibility index (Phi) is 4.81. The average molecular weight is 403 g/mol. The van der Waals surface area contributed by atoms with E-state index in [4.69, 9.17) is 15.4 Å². The van der Waals surface area contributed by atoms with Crippen LogP contribution in [-0.4, -0.2) is 24.4 Å². The van der Waals surface area contributed by atoms with Gasteiger partial charge in [0.05, 0.1) is 9.82 Å². The van der Waals surface area contributed by atoms with Crippen molar-refractivity contribution in [2.75, 3.05) is 11.1 Å². The van der Waals surface area contributed by atoms with Crippen LogP contribution < -0.4 is 16.2 Å². The molecule has 0 aliphatic carbocycles. The van der Waals surface area contributed by atoms with E-state index in [9.17, 15) is 23.3 Å². The third-order valence-corrected chi connectivity index (χ3v) is 4.67. The van der Waals surface area contributed by atoms with Crippen molar-refractivity contribution < 1.29 is 22.7 Å². The second kappa shape index (κ2) is 7.09. The molecule has 0 unspecified atom stereocenters. The molecule has 1 amide bonds. The molecule has 0 aliphatic rings. The van der Waals surface area contributed by atoms with Gasteiger partial charge in [0.2, 0.25) is 15.9 Å². The van der Waals surface area contributed by atoms with Crippen LogP contribution in [0.5, 0.6) is 0 Å². The van der Waals surface area contributed by atoms with Gasteiger partial charge in [-0.15, -0.1) is 0 Å². The number of sulfonamides is 1. The maximum absolute atomic E-state index is 12.6. The number of primary sulfonamides is 1. The molecule has 0 radical (unpaired) electrons. The average Bonchev–Trinajstić information content (AvgIpc) is 3.03. The third-order valence-electron chi connectivity index (χ3n) is 3.74. The smallest absolute Gasteiger partial charge is 0.269 e. The number of amides is 1. The van der Waals surface area contributed by atoms with E-state index in [1.165, 1.54) is 48.5 Å². The third kappa shape index (κ3) is 3.82. The van der Waals surface area contributed by atoms with Gasteiger partial charge in [0.25, 0.3) is 11.6 Å². The minimum Gasteiger partial charge on any atom is -0.367 e. The Morgan fingerprint density at radius 1 is 1.11 bits per heavy atom. The molecule has 0 saturated heterocycles. The van der Waals surface area contributed by atoms with Crippen molar-refractivity contribution in [2.45, 2.75) is 4.90 Å². The number of nitrogens with zero attached hydrogens (tertiary/aromatic N) is 2. The SMILES string of the molecule is Nc1onc(-c2ccc([N+](=O)[O-])cc2)c1C(=O)Nc1ccc(S(N)(=O)=O)cc1. The predicted molar refractivity (Wildman–Crippen MR) is 98.8 cm³/mol. The van der Waals surface area contributed by atoms with Gasteiger partial charge in [0, 0.05) is 23.4 Å². The molecule has 3 aromatic rings. The van der Waals surface area contributed by atoms with Gasteiger partial charge in [-0.3, -0.25) is 14.9 Å². The molecule has 1 heterocycles. The van der Waals surface area contributed by atoms with Crippen LogP contribution in [0, 0.1) is 10.1 Å². The molecule has 12 heteroatoms. The number of nitro benzene ring substituents is 1.